The first-order valence-corrected chi connectivity index (χ1v) is 8.37. The minimum atomic E-state index is -0.143. The molecular weight excluding hydrogens is 296 g/mol. The Bertz CT molecular complexity index is 629. The highest BCUT2D eigenvalue weighted by Crippen LogP contribution is 2.17. The van der Waals surface area contributed by atoms with E-state index in [4.69, 9.17) is 5.73 Å². The molecular formula is C16H20N4OS. The number of aromatic nitrogens is 1. The fourth-order valence-corrected chi connectivity index (χ4v) is 3.52. The van der Waals surface area contributed by atoms with Crippen LogP contribution in [0.3, 0.4) is 0 Å². The topological polar surface area (TPSA) is 71.2 Å². The molecule has 1 aliphatic rings. The van der Waals surface area contributed by atoms with Crippen LogP contribution in [0.5, 0.6) is 0 Å². The Morgan fingerprint density at radius 1 is 1.41 bits per heavy atom. The highest BCUT2D eigenvalue weighted by molar-refractivity contribution is 7.09. The van der Waals surface area contributed by atoms with Crippen LogP contribution in [-0.2, 0) is 6.54 Å². The van der Waals surface area contributed by atoms with Crippen molar-refractivity contribution in [3.63, 3.8) is 0 Å². The van der Waals surface area contributed by atoms with Crippen molar-refractivity contribution in [2.75, 3.05) is 18.8 Å². The fraction of sp³-hybridized carbons (Fsp3) is 0.375. The molecule has 6 heteroatoms. The number of carbonyl (C=O) groups excluding carboxylic acids is 1. The average molecular weight is 316 g/mol. The maximum absolute atomic E-state index is 12.2. The number of likely N-dealkylation sites (tertiary alicyclic amines) is 1. The van der Waals surface area contributed by atoms with Crippen LogP contribution in [0.2, 0.25) is 0 Å². The number of thiophene rings is 1. The first-order valence-electron chi connectivity index (χ1n) is 7.49. The molecule has 0 aromatic carbocycles. The maximum Gasteiger partial charge on any atom is 0.270 e. The molecule has 1 amide bonds. The molecule has 1 fully saturated rings. The number of nitrogens with zero attached hydrogens (tertiary/aromatic N) is 2. The summed E-state index contributed by atoms with van der Waals surface area (Å²) in [5, 5.41) is 5.18. The van der Waals surface area contributed by atoms with Crippen LogP contribution in [0.15, 0.2) is 35.7 Å². The minimum Gasteiger partial charge on any atom is -0.384 e. The minimum absolute atomic E-state index is 0.143. The third kappa shape index (κ3) is 3.84. The molecule has 0 aliphatic carbocycles. The standard InChI is InChI=1S/C16H20N4OS/c17-15-7-1-6-14(19-15)16(21)18-12-4-2-8-20(10-12)11-13-5-3-9-22-13/h1,3,5-7,9,12H,2,4,8,10-11H2,(H2,17,19)(H,18,21). The zero-order chi connectivity index (χ0) is 15.4. The lowest BCUT2D eigenvalue weighted by Crippen LogP contribution is -2.47. The van der Waals surface area contributed by atoms with Crippen molar-refractivity contribution in [1.82, 2.24) is 15.2 Å². The van der Waals surface area contributed by atoms with Gasteiger partial charge in [-0.15, -0.1) is 11.3 Å². The average Bonchev–Trinajstić information content (AvgIpc) is 3.00. The van der Waals surface area contributed by atoms with Gasteiger partial charge in [0.05, 0.1) is 0 Å². The number of nitrogens with two attached hydrogens (primary N) is 1. The Morgan fingerprint density at radius 2 is 2.32 bits per heavy atom. The normalized spacial score (nSPS) is 19.0. The third-order valence-electron chi connectivity index (χ3n) is 3.80. The highest BCUT2D eigenvalue weighted by Gasteiger charge is 2.22. The number of carbonyl (C=O) groups is 1. The Hall–Kier alpha value is -1.92. The first-order chi connectivity index (χ1) is 10.7. The number of piperidine rings is 1. The number of pyridine rings is 1. The molecule has 0 saturated carbocycles. The van der Waals surface area contributed by atoms with Gasteiger partial charge in [0.1, 0.15) is 11.5 Å². The number of amides is 1. The smallest absolute Gasteiger partial charge is 0.270 e. The summed E-state index contributed by atoms with van der Waals surface area (Å²) >= 11 is 1.78. The van der Waals surface area contributed by atoms with Crippen molar-refractivity contribution < 1.29 is 4.79 Å². The Kier molecular flexibility index (Phi) is 4.70. The monoisotopic (exact) mass is 316 g/mol. The van der Waals surface area contributed by atoms with Gasteiger partial charge in [0.25, 0.3) is 5.91 Å². The van der Waals surface area contributed by atoms with Crippen molar-refractivity contribution in [1.29, 1.82) is 0 Å². The van der Waals surface area contributed by atoms with Crippen molar-refractivity contribution in [2.45, 2.75) is 25.4 Å². The summed E-state index contributed by atoms with van der Waals surface area (Å²) in [7, 11) is 0. The number of anilines is 1. The van der Waals surface area contributed by atoms with E-state index in [9.17, 15) is 4.79 Å². The van der Waals surface area contributed by atoms with E-state index in [1.807, 2.05) is 0 Å². The zero-order valence-corrected chi connectivity index (χ0v) is 13.2. The summed E-state index contributed by atoms with van der Waals surface area (Å²) < 4.78 is 0. The highest BCUT2D eigenvalue weighted by atomic mass is 32.1. The van der Waals surface area contributed by atoms with E-state index in [2.05, 4.69) is 32.7 Å². The molecule has 0 bridgehead atoms. The molecule has 5 nitrogen and oxygen atoms in total. The molecule has 0 radical (unpaired) electrons. The zero-order valence-electron chi connectivity index (χ0n) is 12.4. The molecule has 1 saturated heterocycles. The molecule has 3 N–H and O–H groups in total. The van der Waals surface area contributed by atoms with Crippen molar-refractivity contribution in [3.05, 3.63) is 46.3 Å². The van der Waals surface area contributed by atoms with Crippen molar-refractivity contribution in [2.24, 2.45) is 0 Å². The first kappa shape index (κ1) is 15.0. The Balaban J connectivity index is 1.57. The third-order valence-corrected chi connectivity index (χ3v) is 4.66. The van der Waals surface area contributed by atoms with Crippen LogP contribution in [0.4, 0.5) is 5.82 Å². The summed E-state index contributed by atoms with van der Waals surface area (Å²) in [5.74, 6) is 0.228. The fourth-order valence-electron chi connectivity index (χ4n) is 2.78. The van der Waals surface area contributed by atoms with Gasteiger partial charge in [-0.05, 0) is 43.0 Å². The van der Waals surface area contributed by atoms with E-state index in [0.717, 1.165) is 32.5 Å². The SMILES string of the molecule is Nc1cccc(C(=O)NC2CCCN(Cc3cccs3)C2)n1. The Labute approximate surface area is 134 Å². The van der Waals surface area contributed by atoms with E-state index in [1.54, 1.807) is 29.5 Å². The van der Waals surface area contributed by atoms with Gasteiger partial charge < -0.3 is 11.1 Å². The predicted molar refractivity (Wildman–Crippen MR) is 88.7 cm³/mol. The second-order valence-electron chi connectivity index (χ2n) is 5.57. The van der Waals surface area contributed by atoms with Gasteiger partial charge in [-0.2, -0.15) is 0 Å². The lowest BCUT2D eigenvalue weighted by atomic mass is 10.1. The van der Waals surface area contributed by atoms with E-state index in [-0.39, 0.29) is 11.9 Å². The molecule has 2 aromatic rings. The molecule has 3 rings (SSSR count). The van der Waals surface area contributed by atoms with Crippen LogP contribution in [0.25, 0.3) is 0 Å². The van der Waals surface area contributed by atoms with Gasteiger partial charge in [-0.3, -0.25) is 9.69 Å². The number of rotatable bonds is 4. The van der Waals surface area contributed by atoms with Gasteiger partial charge in [0.15, 0.2) is 0 Å². The molecule has 22 heavy (non-hydrogen) atoms. The van der Waals surface area contributed by atoms with Gasteiger partial charge in [0, 0.05) is 24.0 Å². The van der Waals surface area contributed by atoms with Gasteiger partial charge in [0.2, 0.25) is 0 Å². The van der Waals surface area contributed by atoms with Crippen LogP contribution >= 0.6 is 11.3 Å². The van der Waals surface area contributed by atoms with Crippen LogP contribution in [0.1, 0.15) is 28.2 Å². The molecule has 116 valence electrons. The summed E-state index contributed by atoms with van der Waals surface area (Å²) in [6, 6.07) is 9.53. The Morgan fingerprint density at radius 3 is 3.09 bits per heavy atom. The van der Waals surface area contributed by atoms with E-state index in [0.29, 0.717) is 11.5 Å². The van der Waals surface area contributed by atoms with Gasteiger partial charge in [-0.25, -0.2) is 4.98 Å². The largest absolute Gasteiger partial charge is 0.384 e. The second-order valence-corrected chi connectivity index (χ2v) is 6.61. The molecule has 3 heterocycles. The van der Waals surface area contributed by atoms with Crippen LogP contribution in [-0.4, -0.2) is 34.9 Å². The van der Waals surface area contributed by atoms with E-state index < -0.39 is 0 Å². The van der Waals surface area contributed by atoms with E-state index in [1.165, 1.54) is 4.88 Å². The van der Waals surface area contributed by atoms with Crippen molar-refractivity contribution >= 4 is 23.1 Å². The number of hydrogen-bond donors (Lipinski definition) is 2. The summed E-state index contributed by atoms with van der Waals surface area (Å²) in [5.41, 5.74) is 6.01. The predicted octanol–water partition coefficient (Wildman–Crippen LogP) is 2.12. The summed E-state index contributed by atoms with van der Waals surface area (Å²) in [6.45, 7) is 2.92. The summed E-state index contributed by atoms with van der Waals surface area (Å²) in [6.07, 6.45) is 2.11. The van der Waals surface area contributed by atoms with Gasteiger partial charge >= 0.3 is 0 Å². The quantitative estimate of drug-likeness (QED) is 0.906. The lowest BCUT2D eigenvalue weighted by molar-refractivity contribution is 0.0896. The van der Waals surface area contributed by atoms with Crippen LogP contribution in [0, 0.1) is 0 Å². The number of nitrogens with one attached hydrogen (secondary N) is 1. The van der Waals surface area contributed by atoms with E-state index >= 15 is 0 Å². The molecule has 1 aliphatic heterocycles. The second kappa shape index (κ2) is 6.89. The van der Waals surface area contributed by atoms with Gasteiger partial charge in [-0.1, -0.05) is 12.1 Å². The molecule has 0 spiro atoms. The molecule has 2 aromatic heterocycles. The van der Waals surface area contributed by atoms with Crippen LogP contribution < -0.4 is 11.1 Å². The lowest BCUT2D eigenvalue weighted by Gasteiger charge is -2.32. The summed E-state index contributed by atoms with van der Waals surface area (Å²) in [4.78, 5) is 20.1. The maximum atomic E-state index is 12.2. The number of nitrogen functional groups attached to an aromatic ring is 1. The van der Waals surface area contributed by atoms with Crippen molar-refractivity contribution in [3.8, 4) is 0 Å². The molecule has 1 unspecified atom stereocenters. The number of hydrogen-bond acceptors (Lipinski definition) is 5. The molecule has 1 atom stereocenters.